The number of carbonyl (C=O) groups excluding carboxylic acids is 1. The first-order valence-corrected chi connectivity index (χ1v) is 9.26. The second kappa shape index (κ2) is 5.42. The van der Waals surface area contributed by atoms with Crippen molar-refractivity contribution in [3.8, 4) is 0 Å². The van der Waals surface area contributed by atoms with Gasteiger partial charge in [-0.1, -0.05) is 27.2 Å². The summed E-state index contributed by atoms with van der Waals surface area (Å²) in [7, 11) is 0. The maximum atomic E-state index is 12.9. The minimum atomic E-state index is -0.907. The monoisotopic (exact) mass is 334 g/mol. The molecule has 0 aliphatic heterocycles. The van der Waals surface area contributed by atoms with Crippen molar-refractivity contribution in [3.63, 3.8) is 0 Å². The molecule has 0 saturated heterocycles. The number of aliphatic carboxylic acids is 1. The van der Waals surface area contributed by atoms with Gasteiger partial charge in [0.25, 0.3) is 0 Å². The average molecular weight is 334 g/mol. The number of aliphatic hydroxyl groups is 1. The molecule has 0 aromatic rings. The van der Waals surface area contributed by atoms with Crippen LogP contribution in [0.2, 0.25) is 0 Å². The quantitative estimate of drug-likeness (QED) is 0.809. The number of hydrogen-bond donors (Lipinski definition) is 2. The normalized spacial score (nSPS) is 45.4. The Morgan fingerprint density at radius 2 is 1.92 bits per heavy atom. The number of Topliss-reactive ketones (excluding diaryl/α,β-unsaturated/α-hetero) is 1. The van der Waals surface area contributed by atoms with Gasteiger partial charge in [0.1, 0.15) is 0 Å². The molecule has 3 aliphatic rings. The Kier molecular flexibility index (Phi) is 3.99. The summed E-state index contributed by atoms with van der Waals surface area (Å²) in [5.41, 5.74) is -1.12. The van der Waals surface area contributed by atoms with E-state index in [1.807, 2.05) is 26.8 Å². The fourth-order valence-corrected chi connectivity index (χ4v) is 5.74. The van der Waals surface area contributed by atoms with Crippen LogP contribution in [0.4, 0.5) is 0 Å². The summed E-state index contributed by atoms with van der Waals surface area (Å²) < 4.78 is 0. The van der Waals surface area contributed by atoms with Gasteiger partial charge in [-0.05, 0) is 67.4 Å². The van der Waals surface area contributed by atoms with Crippen LogP contribution in [-0.2, 0) is 9.59 Å². The molecule has 2 saturated carbocycles. The van der Waals surface area contributed by atoms with Gasteiger partial charge in [-0.3, -0.25) is 9.59 Å². The lowest BCUT2D eigenvalue weighted by atomic mass is 9.45. The van der Waals surface area contributed by atoms with Crippen LogP contribution in [0.25, 0.3) is 0 Å². The molecule has 0 radical (unpaired) electrons. The van der Waals surface area contributed by atoms with E-state index < -0.39 is 17.0 Å². The van der Waals surface area contributed by atoms with E-state index in [-0.39, 0.29) is 29.0 Å². The van der Waals surface area contributed by atoms with Crippen LogP contribution in [-0.4, -0.2) is 27.6 Å². The third-order valence-corrected chi connectivity index (χ3v) is 7.59. The number of ketones is 1. The van der Waals surface area contributed by atoms with Crippen LogP contribution in [0, 0.1) is 28.6 Å². The Morgan fingerprint density at radius 1 is 1.25 bits per heavy atom. The van der Waals surface area contributed by atoms with Gasteiger partial charge in [0, 0.05) is 6.42 Å². The van der Waals surface area contributed by atoms with Gasteiger partial charge >= 0.3 is 5.97 Å². The highest BCUT2D eigenvalue weighted by atomic mass is 16.4. The Hall–Kier alpha value is -1.16. The lowest BCUT2D eigenvalue weighted by molar-refractivity contribution is -0.166. The zero-order chi connectivity index (χ0) is 17.9. The highest BCUT2D eigenvalue weighted by Gasteiger charge is 2.60. The van der Waals surface area contributed by atoms with E-state index >= 15 is 0 Å². The van der Waals surface area contributed by atoms with Crippen LogP contribution in [0.3, 0.4) is 0 Å². The van der Waals surface area contributed by atoms with Crippen LogP contribution in [0.15, 0.2) is 11.6 Å². The predicted octanol–water partition coefficient (Wildman–Crippen LogP) is 3.58. The third-order valence-electron chi connectivity index (χ3n) is 7.59. The van der Waals surface area contributed by atoms with E-state index in [0.717, 1.165) is 24.8 Å². The number of carbonyl (C=O) groups is 2. The summed E-state index contributed by atoms with van der Waals surface area (Å²) >= 11 is 0. The molecule has 0 unspecified atom stereocenters. The number of carboxylic acids is 1. The summed E-state index contributed by atoms with van der Waals surface area (Å²) in [4.78, 5) is 24.8. The molecule has 3 rings (SSSR count). The number of rotatable bonds is 2. The number of hydrogen-bond acceptors (Lipinski definition) is 3. The summed E-state index contributed by atoms with van der Waals surface area (Å²) in [5, 5.41) is 20.7. The molecule has 4 nitrogen and oxygen atoms in total. The maximum absolute atomic E-state index is 12.9. The number of fused-ring (bicyclic) bond motifs is 3. The first-order chi connectivity index (χ1) is 11.0. The molecule has 4 heteroatoms. The van der Waals surface area contributed by atoms with Gasteiger partial charge in [-0.25, -0.2) is 0 Å². The second-order valence-corrected chi connectivity index (χ2v) is 9.10. The number of carboxylic acid groups (broad SMARTS) is 1. The zero-order valence-electron chi connectivity index (χ0n) is 15.3. The smallest absolute Gasteiger partial charge is 0.309 e. The first-order valence-electron chi connectivity index (χ1n) is 9.26. The molecular formula is C20H30O4. The van der Waals surface area contributed by atoms with E-state index in [2.05, 4.69) is 6.92 Å². The summed E-state index contributed by atoms with van der Waals surface area (Å²) in [6.07, 6.45) is 6.06. The molecular weight excluding hydrogens is 304 g/mol. The summed E-state index contributed by atoms with van der Waals surface area (Å²) in [6.45, 7) is 7.98. The van der Waals surface area contributed by atoms with Crippen molar-refractivity contribution in [2.24, 2.45) is 28.6 Å². The highest BCUT2D eigenvalue weighted by Crippen LogP contribution is 2.62. The molecule has 0 amide bonds. The standard InChI is InChI=1S/C20H30O4/c1-12(2)20(24)9-6-14-13(11-20)15(21)10-16-18(14,3)7-5-8-19(16,4)17(22)23/h11-12,14,16,24H,5-10H2,1-4H3,(H,22,23)/t14-,16-,18+,19-,20+/m1/s1. The van der Waals surface area contributed by atoms with Crippen molar-refractivity contribution < 1.29 is 19.8 Å². The first kappa shape index (κ1) is 17.7. The largest absolute Gasteiger partial charge is 0.481 e. The van der Waals surface area contributed by atoms with E-state index in [0.29, 0.717) is 19.3 Å². The second-order valence-electron chi connectivity index (χ2n) is 9.10. The van der Waals surface area contributed by atoms with Crippen LogP contribution in [0.5, 0.6) is 0 Å². The topological polar surface area (TPSA) is 74.6 Å². The van der Waals surface area contributed by atoms with Gasteiger partial charge in [0.05, 0.1) is 11.0 Å². The maximum Gasteiger partial charge on any atom is 0.309 e. The Balaban J connectivity index is 2.05. The Bertz CT molecular complexity index is 607. The van der Waals surface area contributed by atoms with Crippen molar-refractivity contribution in [1.29, 1.82) is 0 Å². The van der Waals surface area contributed by atoms with Crippen molar-refractivity contribution in [2.75, 3.05) is 0 Å². The van der Waals surface area contributed by atoms with Gasteiger partial charge in [-0.2, -0.15) is 0 Å². The van der Waals surface area contributed by atoms with E-state index in [1.54, 1.807) is 0 Å². The van der Waals surface area contributed by atoms with E-state index in [9.17, 15) is 19.8 Å². The summed E-state index contributed by atoms with van der Waals surface area (Å²) in [6, 6.07) is 0. The predicted molar refractivity (Wildman–Crippen MR) is 91.4 cm³/mol. The van der Waals surface area contributed by atoms with Crippen LogP contribution < -0.4 is 0 Å². The Labute approximate surface area is 144 Å². The van der Waals surface area contributed by atoms with Gasteiger partial charge in [0.15, 0.2) is 5.78 Å². The fraction of sp³-hybridized carbons (Fsp3) is 0.800. The molecule has 5 atom stereocenters. The SMILES string of the molecule is CC(C)[C@@]1(O)C=C2C(=O)C[C@@H]3[C@@](C)(CCC[C@@]3(C)C(=O)O)[C@@H]2CC1. The average Bonchev–Trinajstić information content (AvgIpc) is 2.49. The van der Waals surface area contributed by atoms with Crippen molar-refractivity contribution >= 4 is 11.8 Å². The lowest BCUT2D eigenvalue weighted by Crippen LogP contribution is -2.57. The molecule has 0 aromatic carbocycles. The summed E-state index contributed by atoms with van der Waals surface area (Å²) in [5.74, 6) is -0.679. The zero-order valence-corrected chi connectivity index (χ0v) is 15.3. The van der Waals surface area contributed by atoms with Gasteiger partial charge in [-0.15, -0.1) is 0 Å². The molecule has 2 N–H and O–H groups in total. The molecule has 0 heterocycles. The minimum Gasteiger partial charge on any atom is -0.481 e. The van der Waals surface area contributed by atoms with Gasteiger partial charge in [0.2, 0.25) is 0 Å². The molecule has 0 aromatic heterocycles. The lowest BCUT2D eigenvalue weighted by Gasteiger charge is -2.58. The van der Waals surface area contributed by atoms with Crippen LogP contribution >= 0.6 is 0 Å². The fourth-order valence-electron chi connectivity index (χ4n) is 5.74. The highest BCUT2D eigenvalue weighted by molar-refractivity contribution is 5.98. The Morgan fingerprint density at radius 3 is 2.50 bits per heavy atom. The third kappa shape index (κ3) is 2.29. The van der Waals surface area contributed by atoms with Gasteiger partial charge < -0.3 is 10.2 Å². The van der Waals surface area contributed by atoms with Crippen LogP contribution in [0.1, 0.15) is 66.2 Å². The molecule has 3 aliphatic carbocycles. The molecule has 2 fully saturated rings. The molecule has 0 spiro atoms. The molecule has 24 heavy (non-hydrogen) atoms. The molecule has 0 bridgehead atoms. The molecule has 134 valence electrons. The number of allylic oxidation sites excluding steroid dienone is 1. The van der Waals surface area contributed by atoms with E-state index in [1.165, 1.54) is 0 Å². The van der Waals surface area contributed by atoms with Crippen molar-refractivity contribution in [2.45, 2.75) is 71.8 Å². The van der Waals surface area contributed by atoms with Crippen molar-refractivity contribution in [3.05, 3.63) is 11.6 Å². The minimum absolute atomic E-state index is 0.0515. The van der Waals surface area contributed by atoms with E-state index in [4.69, 9.17) is 0 Å². The van der Waals surface area contributed by atoms with Crippen molar-refractivity contribution in [1.82, 2.24) is 0 Å².